The van der Waals surface area contributed by atoms with Crippen molar-refractivity contribution in [3.8, 4) is 0 Å². The number of ether oxygens (including phenoxy) is 1. The molecule has 2 bridgehead atoms. The Morgan fingerprint density at radius 3 is 2.78 bits per heavy atom. The number of alkyl halides is 2. The monoisotopic (exact) mass is 260 g/mol. The molecule has 0 aliphatic carbocycles. The van der Waals surface area contributed by atoms with Gasteiger partial charge in [0, 0.05) is 19.6 Å². The van der Waals surface area contributed by atoms with Crippen LogP contribution in [0.4, 0.5) is 8.78 Å². The summed E-state index contributed by atoms with van der Waals surface area (Å²) in [6, 6.07) is 0. The zero-order chi connectivity index (χ0) is 12.8. The highest BCUT2D eigenvalue weighted by Gasteiger charge is 2.50. The number of carbonyl (C=O) groups is 1. The van der Waals surface area contributed by atoms with Crippen molar-refractivity contribution >= 4 is 5.91 Å². The third kappa shape index (κ3) is 2.01. The predicted molar refractivity (Wildman–Crippen MR) is 60.2 cm³/mol. The summed E-state index contributed by atoms with van der Waals surface area (Å²) < 4.78 is 28.4. The first kappa shape index (κ1) is 12.3. The first-order chi connectivity index (χ1) is 8.59. The van der Waals surface area contributed by atoms with E-state index in [0.717, 1.165) is 38.9 Å². The van der Waals surface area contributed by atoms with Crippen molar-refractivity contribution < 1.29 is 18.3 Å². The lowest BCUT2D eigenvalue weighted by Crippen LogP contribution is -2.60. The van der Waals surface area contributed by atoms with Gasteiger partial charge in [0.2, 0.25) is 5.91 Å². The Labute approximate surface area is 105 Å². The molecule has 3 fully saturated rings. The van der Waals surface area contributed by atoms with Crippen LogP contribution in [0, 0.1) is 5.41 Å². The van der Waals surface area contributed by atoms with E-state index < -0.39 is 12.7 Å². The SMILES string of the molecule is O=C(N1CC(OC(F)F)C1)C12CCCN(CC1)C2. The maximum absolute atomic E-state index is 12.4. The Morgan fingerprint density at radius 2 is 2.06 bits per heavy atom. The number of hydrogen-bond donors (Lipinski definition) is 0. The first-order valence-corrected chi connectivity index (χ1v) is 6.54. The molecule has 3 rings (SSSR count). The van der Waals surface area contributed by atoms with Crippen molar-refractivity contribution in [1.82, 2.24) is 9.80 Å². The largest absolute Gasteiger partial charge is 0.345 e. The molecule has 4 nitrogen and oxygen atoms in total. The van der Waals surface area contributed by atoms with Gasteiger partial charge in [-0.2, -0.15) is 8.78 Å². The smallest absolute Gasteiger partial charge is 0.337 e. The summed E-state index contributed by atoms with van der Waals surface area (Å²) >= 11 is 0. The van der Waals surface area contributed by atoms with Crippen molar-refractivity contribution in [2.45, 2.75) is 32.0 Å². The quantitative estimate of drug-likeness (QED) is 0.756. The van der Waals surface area contributed by atoms with Crippen molar-refractivity contribution in [3.63, 3.8) is 0 Å². The zero-order valence-electron chi connectivity index (χ0n) is 10.3. The standard InChI is InChI=1S/C12H18F2N2O2/c13-11(14)18-9-6-16(7-9)10(17)12-2-1-4-15(8-12)5-3-12/h9,11H,1-8H2. The minimum absolute atomic E-state index is 0.152. The van der Waals surface area contributed by atoms with Gasteiger partial charge in [-0.15, -0.1) is 0 Å². The van der Waals surface area contributed by atoms with E-state index in [1.807, 2.05) is 0 Å². The van der Waals surface area contributed by atoms with Gasteiger partial charge in [-0.3, -0.25) is 4.79 Å². The predicted octanol–water partition coefficient (Wildman–Crippen LogP) is 0.922. The molecule has 1 amide bonds. The fraction of sp³-hybridized carbons (Fsp3) is 0.917. The Bertz CT molecular complexity index is 343. The fourth-order valence-corrected chi connectivity index (χ4v) is 3.45. The Kier molecular flexibility index (Phi) is 3.02. The summed E-state index contributed by atoms with van der Waals surface area (Å²) in [6.07, 6.45) is 2.45. The van der Waals surface area contributed by atoms with Crippen LogP contribution in [0.15, 0.2) is 0 Å². The average Bonchev–Trinajstić information content (AvgIpc) is 2.59. The highest BCUT2D eigenvalue weighted by atomic mass is 19.3. The number of piperidine rings is 1. The Morgan fingerprint density at radius 1 is 1.28 bits per heavy atom. The molecule has 0 aromatic carbocycles. The molecule has 0 aromatic heterocycles. The second-order valence-corrected chi connectivity index (χ2v) is 5.64. The van der Waals surface area contributed by atoms with Crippen LogP contribution in [0.2, 0.25) is 0 Å². The van der Waals surface area contributed by atoms with Gasteiger partial charge in [-0.1, -0.05) is 0 Å². The third-order valence-electron chi connectivity index (χ3n) is 4.45. The maximum atomic E-state index is 12.4. The topological polar surface area (TPSA) is 32.8 Å². The molecule has 3 aliphatic rings. The first-order valence-electron chi connectivity index (χ1n) is 6.54. The number of likely N-dealkylation sites (tertiary alicyclic amines) is 1. The molecule has 2 atom stereocenters. The third-order valence-corrected chi connectivity index (χ3v) is 4.45. The van der Waals surface area contributed by atoms with Crippen molar-refractivity contribution in [2.75, 3.05) is 32.7 Å². The molecule has 0 spiro atoms. The van der Waals surface area contributed by atoms with E-state index in [1.54, 1.807) is 4.90 Å². The van der Waals surface area contributed by atoms with Crippen molar-refractivity contribution in [2.24, 2.45) is 5.41 Å². The molecule has 102 valence electrons. The molecule has 3 aliphatic heterocycles. The molecular formula is C12H18F2N2O2. The van der Waals surface area contributed by atoms with Crippen LogP contribution >= 0.6 is 0 Å². The number of nitrogens with zero attached hydrogens (tertiary/aromatic N) is 2. The molecule has 0 N–H and O–H groups in total. The second kappa shape index (κ2) is 4.42. The summed E-state index contributed by atoms with van der Waals surface area (Å²) in [5.41, 5.74) is -0.228. The van der Waals surface area contributed by atoms with Crippen LogP contribution in [0.25, 0.3) is 0 Å². The van der Waals surface area contributed by atoms with Gasteiger partial charge >= 0.3 is 6.61 Å². The Hall–Kier alpha value is -0.750. The van der Waals surface area contributed by atoms with Gasteiger partial charge in [0.1, 0.15) is 0 Å². The van der Waals surface area contributed by atoms with Gasteiger partial charge in [-0.05, 0) is 32.4 Å². The van der Waals surface area contributed by atoms with Crippen LogP contribution < -0.4 is 0 Å². The lowest BCUT2D eigenvalue weighted by molar-refractivity contribution is -0.202. The number of amides is 1. The number of hydrogen-bond acceptors (Lipinski definition) is 3. The Balaban J connectivity index is 1.57. The van der Waals surface area contributed by atoms with Crippen LogP contribution in [0.1, 0.15) is 19.3 Å². The maximum Gasteiger partial charge on any atom is 0.345 e. The number of fused-ring (bicyclic) bond motifs is 2. The summed E-state index contributed by atoms with van der Waals surface area (Å²) in [5, 5.41) is 0. The lowest BCUT2D eigenvalue weighted by Gasteiger charge is -2.44. The van der Waals surface area contributed by atoms with E-state index in [2.05, 4.69) is 9.64 Å². The van der Waals surface area contributed by atoms with Crippen molar-refractivity contribution in [3.05, 3.63) is 0 Å². The summed E-state index contributed by atoms with van der Waals surface area (Å²) in [4.78, 5) is 16.5. The van der Waals surface area contributed by atoms with E-state index in [-0.39, 0.29) is 11.3 Å². The fourth-order valence-electron chi connectivity index (χ4n) is 3.45. The average molecular weight is 260 g/mol. The minimum atomic E-state index is -2.73. The highest BCUT2D eigenvalue weighted by Crippen LogP contribution is 2.41. The van der Waals surface area contributed by atoms with E-state index in [4.69, 9.17) is 0 Å². The van der Waals surface area contributed by atoms with E-state index >= 15 is 0 Å². The number of halogens is 2. The number of carbonyl (C=O) groups excluding carboxylic acids is 1. The second-order valence-electron chi connectivity index (χ2n) is 5.64. The van der Waals surface area contributed by atoms with Gasteiger partial charge < -0.3 is 14.5 Å². The molecule has 18 heavy (non-hydrogen) atoms. The van der Waals surface area contributed by atoms with Gasteiger partial charge in [0.15, 0.2) is 0 Å². The molecule has 0 radical (unpaired) electrons. The molecule has 2 unspecified atom stereocenters. The molecular weight excluding hydrogens is 242 g/mol. The summed E-state index contributed by atoms with van der Waals surface area (Å²) in [5.74, 6) is 0.152. The van der Waals surface area contributed by atoms with Crippen LogP contribution in [0.5, 0.6) is 0 Å². The van der Waals surface area contributed by atoms with Gasteiger partial charge in [0.05, 0.1) is 11.5 Å². The van der Waals surface area contributed by atoms with Gasteiger partial charge in [-0.25, -0.2) is 0 Å². The van der Waals surface area contributed by atoms with E-state index in [1.165, 1.54) is 0 Å². The molecule has 0 saturated carbocycles. The lowest BCUT2D eigenvalue weighted by atomic mass is 9.79. The molecule has 3 heterocycles. The van der Waals surface area contributed by atoms with Crippen LogP contribution in [-0.2, 0) is 9.53 Å². The highest BCUT2D eigenvalue weighted by molar-refractivity contribution is 5.84. The summed E-state index contributed by atoms with van der Waals surface area (Å²) in [7, 11) is 0. The van der Waals surface area contributed by atoms with E-state index in [0.29, 0.717) is 13.1 Å². The summed E-state index contributed by atoms with van der Waals surface area (Å²) in [6.45, 7) is 0.850. The normalized spacial score (nSPS) is 35.9. The number of rotatable bonds is 3. The van der Waals surface area contributed by atoms with Crippen LogP contribution in [0.3, 0.4) is 0 Å². The van der Waals surface area contributed by atoms with E-state index in [9.17, 15) is 13.6 Å². The minimum Gasteiger partial charge on any atom is -0.337 e. The van der Waals surface area contributed by atoms with Crippen molar-refractivity contribution in [1.29, 1.82) is 0 Å². The van der Waals surface area contributed by atoms with Gasteiger partial charge in [0.25, 0.3) is 0 Å². The molecule has 0 aromatic rings. The zero-order valence-corrected chi connectivity index (χ0v) is 10.3. The molecule has 6 heteroatoms. The molecule has 3 saturated heterocycles. The van der Waals surface area contributed by atoms with Crippen LogP contribution in [-0.4, -0.2) is 61.1 Å².